The van der Waals surface area contributed by atoms with E-state index < -0.39 is 50.1 Å². The second-order valence-electron chi connectivity index (χ2n) is 5.76. The van der Waals surface area contributed by atoms with Crippen molar-refractivity contribution < 1.29 is 34.8 Å². The normalized spacial score (nSPS) is 29.2. The first-order chi connectivity index (χ1) is 17.0. The van der Waals surface area contributed by atoms with Crippen molar-refractivity contribution in [2.45, 2.75) is 6.10 Å². The topological polar surface area (TPSA) is 88.2 Å². The first kappa shape index (κ1) is 12.2. The molecule has 152 valence electrons. The molecule has 1 aromatic heterocycles. The monoisotopic (exact) mass is 443 g/mol. The van der Waals surface area contributed by atoms with E-state index in [1.54, 1.807) is 0 Å². The molecule has 1 atom stereocenters. The fraction of sp³-hybridized carbons (Fsp3) is 0.316. The minimum Gasteiger partial charge on any atom is -0.442 e. The predicted octanol–water partition coefficient (Wildman–Crippen LogP) is 2.52. The molecule has 0 spiro atoms. The van der Waals surface area contributed by atoms with E-state index in [9.17, 15) is 14.4 Å². The van der Waals surface area contributed by atoms with Gasteiger partial charge in [-0.2, -0.15) is 0 Å². The van der Waals surface area contributed by atoms with E-state index in [4.69, 9.17) is 27.3 Å². The lowest BCUT2D eigenvalue weighted by atomic mass is 10.2. The van der Waals surface area contributed by atoms with Crippen molar-refractivity contribution in [2.75, 3.05) is 42.5 Å². The third-order valence-corrected chi connectivity index (χ3v) is 5.15. The number of thiophene rings is 1. The number of rotatable bonds is 5. The molecule has 1 N–H and O–H groups in total. The number of ether oxygens (including phenoxy) is 2. The summed E-state index contributed by atoms with van der Waals surface area (Å²) in [6, 6.07) is 7.77. The van der Waals surface area contributed by atoms with E-state index in [2.05, 4.69) is 10.1 Å². The lowest BCUT2D eigenvalue weighted by Crippen LogP contribution is -2.41. The lowest BCUT2D eigenvalue weighted by molar-refractivity contribution is -0.125. The maximum Gasteiger partial charge on any atom is 0.414 e. The van der Waals surface area contributed by atoms with Crippen molar-refractivity contribution in [1.29, 1.82) is 0 Å². The molecule has 29 heavy (non-hydrogen) atoms. The highest BCUT2D eigenvalue weighted by Crippen LogP contribution is 2.26. The van der Waals surface area contributed by atoms with Gasteiger partial charge in [-0.3, -0.25) is 14.5 Å². The Bertz CT molecular complexity index is 1260. The standard InChI is InChI=1S/C19H18ClN3O5S/c20-16-6-5-15(29-16)18(25)21-9-14-10-23(19(26)28-14)13-3-1-12(2-4-13)22-7-8-27-11-17(22)24/h1-6,14H,7-11H2,(H,21,25)/t14-/m0/s1/i7D2,8D2,9D2,11D2. The van der Waals surface area contributed by atoms with Gasteiger partial charge >= 0.3 is 6.09 Å². The van der Waals surface area contributed by atoms with Crippen LogP contribution in [0.1, 0.15) is 20.6 Å². The number of carbonyl (C=O) groups excluding carboxylic acids is 3. The fourth-order valence-corrected chi connectivity index (χ4v) is 3.53. The number of nitrogens with zero attached hydrogens (tertiary/aromatic N) is 2. The SMILES string of the molecule is [2H]C1([2H])OC([2H])([2H])C([2H])([2H])N(c2ccc(N3C[C@H](C([2H])([2H])NC(=O)c4ccc(Cl)s4)OC3=O)cc2)C1=O. The Hall–Kier alpha value is -2.62. The van der Waals surface area contributed by atoms with Crippen LogP contribution >= 0.6 is 22.9 Å². The number of halogens is 1. The van der Waals surface area contributed by atoms with Crippen LogP contribution in [0.5, 0.6) is 0 Å². The van der Waals surface area contributed by atoms with E-state index >= 15 is 0 Å². The molecule has 0 unspecified atom stereocenters. The van der Waals surface area contributed by atoms with Crippen molar-refractivity contribution in [3.8, 4) is 0 Å². The largest absolute Gasteiger partial charge is 0.442 e. The number of hydrogen-bond donors (Lipinski definition) is 1. The lowest BCUT2D eigenvalue weighted by Gasteiger charge is -2.27. The Labute approximate surface area is 187 Å². The van der Waals surface area contributed by atoms with Gasteiger partial charge in [0.25, 0.3) is 11.8 Å². The van der Waals surface area contributed by atoms with Gasteiger partial charge in [0, 0.05) is 17.9 Å². The van der Waals surface area contributed by atoms with Gasteiger partial charge in [0.15, 0.2) is 0 Å². The minimum absolute atomic E-state index is 0.163. The number of benzene rings is 1. The van der Waals surface area contributed by atoms with Gasteiger partial charge < -0.3 is 19.7 Å². The summed E-state index contributed by atoms with van der Waals surface area (Å²) in [5, 5.41) is 2.18. The number of morpholine rings is 1. The second kappa shape index (κ2) is 8.40. The number of carbonyl (C=O) groups is 3. The fourth-order valence-electron chi connectivity index (χ4n) is 2.59. The maximum absolute atomic E-state index is 12.5. The van der Waals surface area contributed by atoms with E-state index in [0.29, 0.717) is 9.24 Å². The van der Waals surface area contributed by atoms with Gasteiger partial charge in [-0.25, -0.2) is 4.79 Å². The third-order valence-electron chi connectivity index (χ3n) is 3.93. The van der Waals surface area contributed by atoms with E-state index in [1.165, 1.54) is 36.4 Å². The van der Waals surface area contributed by atoms with Crippen LogP contribution in [0.3, 0.4) is 0 Å². The minimum atomic E-state index is -3.18. The molecule has 2 saturated heterocycles. The van der Waals surface area contributed by atoms with Crippen LogP contribution in [0.4, 0.5) is 16.2 Å². The van der Waals surface area contributed by atoms with Crippen molar-refractivity contribution in [3.05, 3.63) is 45.6 Å². The highest BCUT2D eigenvalue weighted by Gasteiger charge is 2.33. The molecule has 2 aromatic rings. The van der Waals surface area contributed by atoms with Crippen LogP contribution in [-0.4, -0.2) is 56.7 Å². The van der Waals surface area contributed by atoms with Crippen molar-refractivity contribution in [2.24, 2.45) is 0 Å². The molecular weight excluding hydrogens is 418 g/mol. The smallest absolute Gasteiger partial charge is 0.414 e. The summed E-state index contributed by atoms with van der Waals surface area (Å²) in [5.74, 6) is -2.21. The molecule has 2 aliphatic rings. The first-order valence-electron chi connectivity index (χ1n) is 12.2. The summed E-state index contributed by atoms with van der Waals surface area (Å²) in [6.45, 7) is -12.1. The quantitative estimate of drug-likeness (QED) is 0.767. The number of nitrogens with one attached hydrogen (secondary N) is 1. The van der Waals surface area contributed by atoms with Crippen LogP contribution in [0.25, 0.3) is 0 Å². The summed E-state index contributed by atoms with van der Waals surface area (Å²) in [6.07, 6.45) is -2.33. The van der Waals surface area contributed by atoms with Gasteiger partial charge in [-0.1, -0.05) is 11.6 Å². The Morgan fingerprint density at radius 3 is 2.66 bits per heavy atom. The van der Waals surface area contributed by atoms with Crippen LogP contribution < -0.4 is 15.1 Å². The average Bonchev–Trinajstić information content (AvgIpc) is 3.38. The molecule has 0 radical (unpaired) electrons. The molecule has 8 nitrogen and oxygen atoms in total. The Kier molecular flexibility index (Phi) is 3.52. The van der Waals surface area contributed by atoms with Crippen molar-refractivity contribution >= 4 is 52.2 Å². The van der Waals surface area contributed by atoms with E-state index in [0.717, 1.165) is 16.2 Å². The maximum atomic E-state index is 12.5. The molecule has 2 aliphatic heterocycles. The summed E-state index contributed by atoms with van der Waals surface area (Å²) >= 11 is 6.75. The molecule has 3 heterocycles. The van der Waals surface area contributed by atoms with Crippen LogP contribution in [-0.2, 0) is 14.3 Å². The van der Waals surface area contributed by atoms with Crippen LogP contribution in [0.2, 0.25) is 4.34 Å². The zero-order valence-corrected chi connectivity index (χ0v) is 16.0. The second-order valence-corrected chi connectivity index (χ2v) is 7.48. The first-order valence-corrected chi connectivity index (χ1v) is 9.37. The van der Waals surface area contributed by atoms with Gasteiger partial charge in [0.1, 0.15) is 12.7 Å². The predicted molar refractivity (Wildman–Crippen MR) is 109 cm³/mol. The van der Waals surface area contributed by atoms with E-state index in [1.807, 2.05) is 0 Å². The van der Waals surface area contributed by atoms with E-state index in [-0.39, 0.29) is 22.8 Å². The van der Waals surface area contributed by atoms with Crippen LogP contribution in [0.15, 0.2) is 36.4 Å². The Morgan fingerprint density at radius 2 is 1.97 bits per heavy atom. The zero-order chi connectivity index (χ0) is 27.6. The molecule has 1 aromatic carbocycles. The van der Waals surface area contributed by atoms with Gasteiger partial charge in [0.05, 0.1) is 39.8 Å². The average molecular weight is 444 g/mol. The number of cyclic esters (lactones) is 1. The molecule has 4 rings (SSSR count). The number of amides is 3. The summed E-state index contributed by atoms with van der Waals surface area (Å²) in [7, 11) is 0. The summed E-state index contributed by atoms with van der Waals surface area (Å²) in [4.78, 5) is 38.9. The van der Waals surface area contributed by atoms with Crippen LogP contribution in [0, 0.1) is 0 Å². The van der Waals surface area contributed by atoms with Gasteiger partial charge in [-0.15, -0.1) is 11.3 Å². The Balaban J connectivity index is 1.52. The van der Waals surface area contributed by atoms with Gasteiger partial charge in [-0.05, 0) is 36.4 Å². The molecule has 3 amide bonds. The van der Waals surface area contributed by atoms with Crippen molar-refractivity contribution in [3.63, 3.8) is 0 Å². The number of hydrogen-bond acceptors (Lipinski definition) is 6. The molecule has 10 heteroatoms. The molecular formula is C19H18ClN3O5S. The molecule has 0 bridgehead atoms. The zero-order valence-electron chi connectivity index (χ0n) is 22.5. The molecule has 0 saturated carbocycles. The Morgan fingerprint density at radius 1 is 1.24 bits per heavy atom. The summed E-state index contributed by atoms with van der Waals surface area (Å²) < 4.78 is 73.1. The number of anilines is 2. The molecule has 2 fully saturated rings. The highest BCUT2D eigenvalue weighted by molar-refractivity contribution is 7.18. The summed E-state index contributed by atoms with van der Waals surface area (Å²) in [5.41, 5.74) is -0.0492. The highest BCUT2D eigenvalue weighted by atomic mass is 35.5. The molecule has 0 aliphatic carbocycles. The third kappa shape index (κ3) is 4.36. The van der Waals surface area contributed by atoms with Crippen molar-refractivity contribution in [1.82, 2.24) is 5.32 Å². The van der Waals surface area contributed by atoms with Gasteiger partial charge in [0.2, 0.25) is 0 Å².